The lowest BCUT2D eigenvalue weighted by molar-refractivity contribution is -0.123. The molecule has 0 unspecified atom stereocenters. The van der Waals surface area contributed by atoms with Crippen LogP contribution < -0.4 is 10.6 Å². The van der Waals surface area contributed by atoms with E-state index in [-0.39, 0.29) is 11.8 Å². The maximum atomic E-state index is 12.4. The monoisotopic (exact) mass is 428 g/mol. The van der Waals surface area contributed by atoms with Gasteiger partial charge >= 0.3 is 0 Å². The molecule has 0 saturated carbocycles. The Kier molecular flexibility index (Phi) is 5.44. The highest BCUT2D eigenvalue weighted by Gasteiger charge is 2.22. The zero-order valence-corrected chi connectivity index (χ0v) is 18.4. The smallest absolute Gasteiger partial charge is 0.275 e. The van der Waals surface area contributed by atoms with Crippen molar-refractivity contribution in [3.05, 3.63) is 72.2 Å². The minimum atomic E-state index is -0.494. The van der Waals surface area contributed by atoms with E-state index in [0.717, 1.165) is 16.8 Å². The fourth-order valence-electron chi connectivity index (χ4n) is 2.99. The Bertz CT molecular complexity index is 1310. The molecule has 1 aromatic carbocycles. The lowest BCUT2D eigenvalue weighted by Crippen LogP contribution is -2.27. The number of hydrogen-bond acceptors (Lipinski definition) is 5. The topological polar surface area (TPSA) is 101 Å². The van der Waals surface area contributed by atoms with E-state index in [4.69, 9.17) is 0 Å². The fourth-order valence-corrected chi connectivity index (χ4v) is 2.99. The summed E-state index contributed by atoms with van der Waals surface area (Å²) in [6.07, 6.45) is 3.35. The van der Waals surface area contributed by atoms with E-state index >= 15 is 0 Å². The highest BCUT2D eigenvalue weighted by Crippen LogP contribution is 2.27. The first-order valence-corrected chi connectivity index (χ1v) is 10.2. The van der Waals surface area contributed by atoms with Crippen molar-refractivity contribution in [1.29, 1.82) is 0 Å². The molecule has 3 aromatic heterocycles. The lowest BCUT2D eigenvalue weighted by atomic mass is 9.95. The number of hydrogen-bond donors (Lipinski definition) is 2. The summed E-state index contributed by atoms with van der Waals surface area (Å²) in [5.41, 5.74) is 3.72. The van der Waals surface area contributed by atoms with Crippen LogP contribution in [-0.2, 0) is 4.79 Å². The molecule has 8 nitrogen and oxygen atoms in total. The van der Waals surface area contributed by atoms with Crippen LogP contribution in [-0.4, -0.2) is 31.4 Å². The van der Waals surface area contributed by atoms with Crippen molar-refractivity contribution in [1.82, 2.24) is 19.6 Å². The van der Waals surface area contributed by atoms with Gasteiger partial charge in [0, 0.05) is 22.9 Å². The van der Waals surface area contributed by atoms with Crippen LogP contribution in [0, 0.1) is 12.3 Å². The average Bonchev–Trinajstić information content (AvgIpc) is 3.18. The molecule has 0 bridgehead atoms. The summed E-state index contributed by atoms with van der Waals surface area (Å²) in [6, 6.07) is 14.4. The van der Waals surface area contributed by atoms with Crippen LogP contribution in [0.5, 0.6) is 0 Å². The summed E-state index contributed by atoms with van der Waals surface area (Å²) in [6.45, 7) is 7.57. The van der Waals surface area contributed by atoms with Crippen molar-refractivity contribution in [3.8, 4) is 11.3 Å². The van der Waals surface area contributed by atoms with Gasteiger partial charge in [-0.1, -0.05) is 39.0 Å². The first kappa shape index (κ1) is 21.2. The number of anilines is 2. The third-order valence-electron chi connectivity index (χ3n) is 4.92. The number of aryl methyl sites for hydroxylation is 1. The molecule has 3 heterocycles. The van der Waals surface area contributed by atoms with Gasteiger partial charge < -0.3 is 10.6 Å². The Labute approximate surface area is 185 Å². The number of benzene rings is 1. The van der Waals surface area contributed by atoms with Gasteiger partial charge in [0.25, 0.3) is 5.91 Å². The van der Waals surface area contributed by atoms with Gasteiger partial charge in [-0.15, -0.1) is 5.10 Å². The zero-order chi connectivity index (χ0) is 22.9. The molecule has 0 aliphatic rings. The number of aromatic nitrogens is 4. The maximum absolute atomic E-state index is 12.4. The Morgan fingerprint density at radius 3 is 2.53 bits per heavy atom. The third-order valence-corrected chi connectivity index (χ3v) is 4.92. The number of amides is 2. The van der Waals surface area contributed by atoms with Gasteiger partial charge in [0.1, 0.15) is 5.69 Å². The predicted octanol–water partition coefficient (Wildman–Crippen LogP) is 4.34. The van der Waals surface area contributed by atoms with Gasteiger partial charge in [-0.25, -0.2) is 9.50 Å². The standard InChI is InChI=1S/C24H24N6O2/c1-15-8-9-16(13-18(15)27-23(32)24(2,3)4)19-14-30-21(26-19)11-10-20(29-30)28-22(31)17-7-5-6-12-25-17/h5-14H,1-4H3,(H,27,32)(H,28,29,31). The number of nitrogens with one attached hydrogen (secondary N) is 2. The summed E-state index contributed by atoms with van der Waals surface area (Å²) in [5.74, 6) is -0.00241. The Hall–Kier alpha value is -4.07. The third kappa shape index (κ3) is 4.49. The number of imidazole rings is 1. The molecule has 2 N–H and O–H groups in total. The van der Waals surface area contributed by atoms with Crippen LogP contribution in [0.25, 0.3) is 16.9 Å². The van der Waals surface area contributed by atoms with Gasteiger partial charge in [0.05, 0.1) is 11.9 Å². The van der Waals surface area contributed by atoms with E-state index in [9.17, 15) is 9.59 Å². The fraction of sp³-hybridized carbons (Fsp3) is 0.208. The van der Waals surface area contributed by atoms with Crippen LogP contribution >= 0.6 is 0 Å². The number of nitrogens with zero attached hydrogens (tertiary/aromatic N) is 4. The van der Waals surface area contributed by atoms with Crippen molar-refractivity contribution in [2.45, 2.75) is 27.7 Å². The Morgan fingerprint density at radius 2 is 1.81 bits per heavy atom. The molecule has 4 aromatic rings. The molecule has 32 heavy (non-hydrogen) atoms. The van der Waals surface area contributed by atoms with Gasteiger partial charge in [-0.3, -0.25) is 14.6 Å². The normalized spacial score (nSPS) is 11.4. The van der Waals surface area contributed by atoms with Crippen molar-refractivity contribution >= 4 is 29.0 Å². The van der Waals surface area contributed by atoms with Gasteiger partial charge in [0.15, 0.2) is 11.5 Å². The van der Waals surface area contributed by atoms with Crippen LogP contribution in [0.1, 0.15) is 36.8 Å². The second-order valence-electron chi connectivity index (χ2n) is 8.55. The van der Waals surface area contributed by atoms with Gasteiger partial charge in [0.2, 0.25) is 5.91 Å². The van der Waals surface area contributed by atoms with Crippen molar-refractivity contribution in [2.24, 2.45) is 5.41 Å². The maximum Gasteiger partial charge on any atom is 0.275 e. The molecule has 0 radical (unpaired) electrons. The zero-order valence-electron chi connectivity index (χ0n) is 18.4. The van der Waals surface area contributed by atoms with E-state index < -0.39 is 5.41 Å². The second kappa shape index (κ2) is 8.22. The Morgan fingerprint density at radius 1 is 1.00 bits per heavy atom. The molecule has 0 saturated heterocycles. The largest absolute Gasteiger partial charge is 0.325 e. The summed E-state index contributed by atoms with van der Waals surface area (Å²) in [4.78, 5) is 33.4. The van der Waals surface area contributed by atoms with Gasteiger partial charge in [-0.2, -0.15) is 0 Å². The number of carbonyl (C=O) groups is 2. The predicted molar refractivity (Wildman–Crippen MR) is 123 cm³/mol. The number of fused-ring (bicyclic) bond motifs is 1. The highest BCUT2D eigenvalue weighted by molar-refractivity contribution is 6.02. The second-order valence-corrected chi connectivity index (χ2v) is 8.55. The van der Waals surface area contributed by atoms with Crippen LogP contribution in [0.15, 0.2) is 60.9 Å². The minimum Gasteiger partial charge on any atom is -0.325 e. The van der Waals surface area contributed by atoms with E-state index in [1.165, 1.54) is 0 Å². The summed E-state index contributed by atoms with van der Waals surface area (Å²) in [5, 5.41) is 10.2. The van der Waals surface area contributed by atoms with Crippen molar-refractivity contribution in [3.63, 3.8) is 0 Å². The summed E-state index contributed by atoms with van der Waals surface area (Å²) < 4.78 is 1.61. The average molecular weight is 428 g/mol. The van der Waals surface area contributed by atoms with Crippen molar-refractivity contribution < 1.29 is 9.59 Å². The number of pyridine rings is 1. The van der Waals surface area contributed by atoms with E-state index in [1.54, 1.807) is 47.2 Å². The first-order chi connectivity index (χ1) is 15.2. The summed E-state index contributed by atoms with van der Waals surface area (Å²) >= 11 is 0. The first-order valence-electron chi connectivity index (χ1n) is 10.2. The lowest BCUT2D eigenvalue weighted by Gasteiger charge is -2.19. The molecule has 0 aliphatic heterocycles. The molecule has 0 atom stereocenters. The summed E-state index contributed by atoms with van der Waals surface area (Å²) in [7, 11) is 0. The minimum absolute atomic E-state index is 0.0530. The molecule has 0 aliphatic carbocycles. The van der Waals surface area contributed by atoms with E-state index in [0.29, 0.717) is 22.9 Å². The Balaban J connectivity index is 1.60. The quantitative estimate of drug-likeness (QED) is 0.504. The molecule has 8 heteroatoms. The molecule has 162 valence electrons. The van der Waals surface area contributed by atoms with Crippen LogP contribution in [0.3, 0.4) is 0 Å². The molecule has 4 rings (SSSR count). The molecule has 2 amide bonds. The molecular weight excluding hydrogens is 404 g/mol. The van der Waals surface area contributed by atoms with E-state index in [2.05, 4.69) is 25.7 Å². The molecule has 0 spiro atoms. The van der Waals surface area contributed by atoms with Crippen molar-refractivity contribution in [2.75, 3.05) is 10.6 Å². The molecule has 0 fully saturated rings. The van der Waals surface area contributed by atoms with Gasteiger partial charge in [-0.05, 0) is 42.8 Å². The van der Waals surface area contributed by atoms with E-state index in [1.807, 2.05) is 45.9 Å². The molecular formula is C24H24N6O2. The number of rotatable bonds is 4. The highest BCUT2D eigenvalue weighted by atomic mass is 16.2. The number of carbonyl (C=O) groups excluding carboxylic acids is 2. The van der Waals surface area contributed by atoms with Crippen LogP contribution in [0.2, 0.25) is 0 Å². The SMILES string of the molecule is Cc1ccc(-c2cn3nc(NC(=O)c4ccccn4)ccc3n2)cc1NC(=O)C(C)(C)C. The van der Waals surface area contributed by atoms with Crippen LogP contribution in [0.4, 0.5) is 11.5 Å².